The van der Waals surface area contributed by atoms with Crippen LogP contribution in [0.4, 0.5) is 0 Å². The molecule has 29 heavy (non-hydrogen) atoms. The first kappa shape index (κ1) is 17.8. The van der Waals surface area contributed by atoms with Crippen molar-refractivity contribution in [2.45, 2.75) is 13.0 Å². The van der Waals surface area contributed by atoms with E-state index >= 15 is 0 Å². The first-order valence-corrected chi connectivity index (χ1v) is 10.2. The van der Waals surface area contributed by atoms with Gasteiger partial charge in [-0.2, -0.15) is 0 Å². The van der Waals surface area contributed by atoms with Crippen molar-refractivity contribution in [2.75, 3.05) is 13.2 Å². The van der Waals surface area contributed by atoms with Crippen LogP contribution < -0.4 is 14.8 Å². The first-order chi connectivity index (χ1) is 14.2. The molecule has 2 aromatic heterocycles. The average molecular weight is 406 g/mol. The number of nitrogens with one attached hydrogen (secondary N) is 1. The fourth-order valence-corrected chi connectivity index (χ4v) is 4.16. The van der Waals surface area contributed by atoms with Crippen molar-refractivity contribution >= 4 is 27.5 Å². The number of amides is 1. The van der Waals surface area contributed by atoms with E-state index in [1.807, 2.05) is 49.4 Å². The molecule has 1 aliphatic rings. The molecule has 1 aliphatic heterocycles. The van der Waals surface area contributed by atoms with Gasteiger partial charge in [-0.15, -0.1) is 11.3 Å². The number of carbonyl (C=O) groups is 1. The van der Waals surface area contributed by atoms with Crippen LogP contribution in [0.15, 0.2) is 59.0 Å². The molecule has 0 radical (unpaired) electrons. The van der Waals surface area contributed by atoms with Gasteiger partial charge in [-0.05, 0) is 48.9 Å². The Morgan fingerprint density at radius 3 is 2.76 bits per heavy atom. The number of fused-ring (bicyclic) bond motifs is 2. The summed E-state index contributed by atoms with van der Waals surface area (Å²) in [6.45, 7) is 2.99. The van der Waals surface area contributed by atoms with Crippen LogP contribution in [0.2, 0.25) is 0 Å². The lowest BCUT2D eigenvalue weighted by atomic mass is 10.1. The number of ether oxygens (including phenoxy) is 2. The molecule has 0 aliphatic carbocycles. The van der Waals surface area contributed by atoms with E-state index in [4.69, 9.17) is 13.9 Å². The molecule has 6 nitrogen and oxygen atoms in total. The summed E-state index contributed by atoms with van der Waals surface area (Å²) in [6, 6.07) is 16.8. The monoisotopic (exact) mass is 406 g/mol. The molecule has 0 bridgehead atoms. The number of para-hydroxylation sites is 1. The van der Waals surface area contributed by atoms with E-state index in [-0.39, 0.29) is 17.7 Å². The van der Waals surface area contributed by atoms with E-state index in [0.717, 1.165) is 26.5 Å². The average Bonchev–Trinajstić information content (AvgIpc) is 3.40. The first-order valence-electron chi connectivity index (χ1n) is 9.33. The van der Waals surface area contributed by atoms with Crippen molar-refractivity contribution in [1.29, 1.82) is 0 Å². The highest BCUT2D eigenvalue weighted by Gasteiger charge is 2.19. The quantitative estimate of drug-likeness (QED) is 0.526. The number of hydrogen-bond acceptors (Lipinski definition) is 6. The van der Waals surface area contributed by atoms with Gasteiger partial charge >= 0.3 is 0 Å². The molecule has 1 amide bonds. The highest BCUT2D eigenvalue weighted by molar-refractivity contribution is 7.21. The largest absolute Gasteiger partial charge is 0.486 e. The summed E-state index contributed by atoms with van der Waals surface area (Å²) in [5.41, 5.74) is 1.85. The lowest BCUT2D eigenvalue weighted by Gasteiger charge is -2.21. The van der Waals surface area contributed by atoms with Gasteiger partial charge in [0.25, 0.3) is 5.91 Å². The zero-order valence-corrected chi connectivity index (χ0v) is 16.5. The van der Waals surface area contributed by atoms with E-state index < -0.39 is 0 Å². The highest BCUT2D eigenvalue weighted by Crippen LogP contribution is 2.33. The predicted octanol–water partition coefficient (Wildman–Crippen LogP) is 4.82. The number of nitrogens with zero attached hydrogens (tertiary/aromatic N) is 1. The summed E-state index contributed by atoms with van der Waals surface area (Å²) in [4.78, 5) is 17.2. The van der Waals surface area contributed by atoms with Crippen molar-refractivity contribution < 1.29 is 18.7 Å². The Labute approximate surface area is 171 Å². The second-order valence-electron chi connectivity index (χ2n) is 6.75. The minimum atomic E-state index is -0.278. The van der Waals surface area contributed by atoms with Crippen molar-refractivity contribution in [3.8, 4) is 22.3 Å². The van der Waals surface area contributed by atoms with Crippen LogP contribution in [0.25, 0.3) is 21.0 Å². The SMILES string of the molecule is CC(NC(=O)c1ccc(-c2nc3ccccc3s2)o1)c1ccc2c(c1)OCCO2. The molecule has 5 rings (SSSR count). The van der Waals surface area contributed by atoms with Crippen LogP contribution in [0.1, 0.15) is 29.1 Å². The maximum atomic E-state index is 12.7. The molecule has 7 heteroatoms. The lowest BCUT2D eigenvalue weighted by molar-refractivity contribution is 0.0912. The molecular formula is C22H18N2O4S. The Balaban J connectivity index is 1.32. The molecular weight excluding hydrogens is 388 g/mol. The van der Waals surface area contributed by atoms with E-state index in [1.165, 1.54) is 11.3 Å². The molecule has 1 atom stereocenters. The number of furan rings is 1. The van der Waals surface area contributed by atoms with E-state index in [0.29, 0.717) is 24.7 Å². The van der Waals surface area contributed by atoms with Crippen molar-refractivity contribution in [2.24, 2.45) is 0 Å². The number of thiazole rings is 1. The summed E-state index contributed by atoms with van der Waals surface area (Å²) in [6.07, 6.45) is 0. The molecule has 4 aromatic rings. The van der Waals surface area contributed by atoms with Gasteiger partial charge in [0, 0.05) is 0 Å². The third-order valence-electron chi connectivity index (χ3n) is 4.75. The highest BCUT2D eigenvalue weighted by atomic mass is 32.1. The zero-order chi connectivity index (χ0) is 19.8. The van der Waals surface area contributed by atoms with Gasteiger partial charge < -0.3 is 19.2 Å². The number of hydrogen-bond donors (Lipinski definition) is 1. The van der Waals surface area contributed by atoms with E-state index in [1.54, 1.807) is 12.1 Å². The Morgan fingerprint density at radius 2 is 1.90 bits per heavy atom. The molecule has 146 valence electrons. The fourth-order valence-electron chi connectivity index (χ4n) is 3.23. The van der Waals surface area contributed by atoms with Crippen LogP contribution in [-0.4, -0.2) is 24.1 Å². The summed E-state index contributed by atoms with van der Waals surface area (Å²) in [5.74, 6) is 1.99. The Hall–Kier alpha value is -3.32. The number of carbonyl (C=O) groups excluding carboxylic acids is 1. The van der Waals surface area contributed by atoms with Gasteiger partial charge in [0.1, 0.15) is 13.2 Å². The molecule has 2 aromatic carbocycles. The third kappa shape index (κ3) is 3.45. The van der Waals surface area contributed by atoms with Gasteiger partial charge in [-0.25, -0.2) is 4.98 Å². The van der Waals surface area contributed by atoms with E-state index in [2.05, 4.69) is 10.3 Å². The van der Waals surface area contributed by atoms with Gasteiger partial charge in [0.2, 0.25) is 0 Å². The molecule has 0 spiro atoms. The Morgan fingerprint density at radius 1 is 1.07 bits per heavy atom. The van der Waals surface area contributed by atoms with Crippen LogP contribution in [0.5, 0.6) is 11.5 Å². The Bertz CT molecular complexity index is 1160. The van der Waals surface area contributed by atoms with Gasteiger partial charge in [-0.1, -0.05) is 18.2 Å². The third-order valence-corrected chi connectivity index (χ3v) is 5.80. The van der Waals surface area contributed by atoms with Crippen LogP contribution in [0, 0.1) is 0 Å². The minimum Gasteiger partial charge on any atom is -0.486 e. The van der Waals surface area contributed by atoms with Gasteiger partial charge in [0.05, 0.1) is 16.3 Å². The fraction of sp³-hybridized carbons (Fsp3) is 0.182. The standard InChI is InChI=1S/C22H18N2O4S/c1-13(14-6-7-16-19(12-14)27-11-10-26-16)23-21(25)17-8-9-18(28-17)22-24-15-4-2-3-5-20(15)29-22/h2-9,12-13H,10-11H2,1H3,(H,23,25). The predicted molar refractivity (Wildman–Crippen MR) is 111 cm³/mol. The molecule has 0 saturated carbocycles. The zero-order valence-electron chi connectivity index (χ0n) is 15.7. The molecule has 1 N–H and O–H groups in total. The van der Waals surface area contributed by atoms with Crippen LogP contribution in [0.3, 0.4) is 0 Å². The second-order valence-corrected chi connectivity index (χ2v) is 7.78. The minimum absolute atomic E-state index is 0.214. The lowest BCUT2D eigenvalue weighted by Crippen LogP contribution is -2.26. The van der Waals surface area contributed by atoms with Crippen LogP contribution >= 0.6 is 11.3 Å². The summed E-state index contributed by atoms with van der Waals surface area (Å²) >= 11 is 1.54. The van der Waals surface area contributed by atoms with Crippen molar-refractivity contribution in [1.82, 2.24) is 10.3 Å². The molecule has 1 unspecified atom stereocenters. The molecule has 0 saturated heterocycles. The van der Waals surface area contributed by atoms with Gasteiger partial charge in [0.15, 0.2) is 28.0 Å². The van der Waals surface area contributed by atoms with E-state index in [9.17, 15) is 4.79 Å². The summed E-state index contributed by atoms with van der Waals surface area (Å²) < 4.78 is 18.0. The maximum absolute atomic E-state index is 12.7. The summed E-state index contributed by atoms with van der Waals surface area (Å²) in [7, 11) is 0. The van der Waals surface area contributed by atoms with Gasteiger partial charge in [-0.3, -0.25) is 4.79 Å². The number of benzene rings is 2. The van der Waals surface area contributed by atoms with Crippen molar-refractivity contribution in [3.63, 3.8) is 0 Å². The second kappa shape index (κ2) is 7.25. The number of rotatable bonds is 4. The summed E-state index contributed by atoms with van der Waals surface area (Å²) in [5, 5.41) is 3.72. The number of aromatic nitrogens is 1. The smallest absolute Gasteiger partial charge is 0.287 e. The van der Waals surface area contributed by atoms with Crippen molar-refractivity contribution in [3.05, 3.63) is 65.9 Å². The normalized spacial score (nSPS) is 14.0. The molecule has 3 heterocycles. The van der Waals surface area contributed by atoms with Crippen LogP contribution in [-0.2, 0) is 0 Å². The topological polar surface area (TPSA) is 73.6 Å². The Kier molecular flexibility index (Phi) is 4.44. The molecule has 0 fully saturated rings. The maximum Gasteiger partial charge on any atom is 0.287 e.